The Balaban J connectivity index is 1.39. The molecule has 38 heavy (non-hydrogen) atoms. The molecule has 0 radical (unpaired) electrons. The van der Waals surface area contributed by atoms with Gasteiger partial charge < -0.3 is 15.4 Å². The first-order valence-corrected chi connectivity index (χ1v) is 13.9. The van der Waals surface area contributed by atoms with Crippen LogP contribution in [0.15, 0.2) is 97.1 Å². The van der Waals surface area contributed by atoms with Crippen LogP contribution in [0, 0.1) is 0 Å². The minimum absolute atomic E-state index is 0.0554. The van der Waals surface area contributed by atoms with Crippen LogP contribution in [0.4, 0.5) is 10.5 Å². The lowest BCUT2D eigenvalue weighted by Crippen LogP contribution is -2.45. The second kappa shape index (κ2) is 12.7. The first-order chi connectivity index (χ1) is 18.3. The molecule has 0 fully saturated rings. The van der Waals surface area contributed by atoms with Crippen molar-refractivity contribution in [3.05, 3.63) is 114 Å². The Kier molecular flexibility index (Phi) is 9.08. The normalized spacial score (nSPS) is 12.1. The summed E-state index contributed by atoms with van der Waals surface area (Å²) in [5.74, 6) is 0.855. The quantitative estimate of drug-likeness (QED) is 0.240. The Morgan fingerprint density at radius 3 is 2.21 bits per heavy atom. The van der Waals surface area contributed by atoms with Gasteiger partial charge in [-0.3, -0.25) is 4.79 Å². The van der Waals surface area contributed by atoms with E-state index in [1.54, 1.807) is 11.8 Å². The van der Waals surface area contributed by atoms with E-state index in [0.29, 0.717) is 11.4 Å². The Morgan fingerprint density at radius 2 is 1.50 bits per heavy atom. The number of hydrogen-bond acceptors (Lipinski definition) is 4. The van der Waals surface area contributed by atoms with Gasteiger partial charge in [0.05, 0.1) is 0 Å². The van der Waals surface area contributed by atoms with Gasteiger partial charge >= 0.3 is 6.09 Å². The SMILES string of the molecule is CC(C)(C)c1ccc(COC(=O)NC(CSCc2ccccc2)C(=O)Nc2ccc3ccccc3c2)cc1. The number of rotatable bonds is 9. The summed E-state index contributed by atoms with van der Waals surface area (Å²) in [5.41, 5.74) is 4.00. The molecule has 0 saturated carbocycles. The fraction of sp³-hybridized carbons (Fsp3) is 0.250. The molecule has 0 aromatic heterocycles. The van der Waals surface area contributed by atoms with Crippen molar-refractivity contribution in [2.45, 2.75) is 44.6 Å². The zero-order chi connectivity index (χ0) is 27.0. The lowest BCUT2D eigenvalue weighted by atomic mass is 9.87. The van der Waals surface area contributed by atoms with Crippen LogP contribution in [0.1, 0.15) is 37.5 Å². The molecular formula is C32H34N2O3S. The molecule has 0 spiro atoms. The van der Waals surface area contributed by atoms with E-state index in [-0.39, 0.29) is 17.9 Å². The summed E-state index contributed by atoms with van der Waals surface area (Å²) in [7, 11) is 0. The Hall–Kier alpha value is -3.77. The molecule has 4 aromatic rings. The molecule has 2 amide bonds. The molecule has 0 aliphatic rings. The standard InChI is InChI=1S/C32H34N2O3S/c1-32(2,3)27-16-13-23(14-17-27)20-37-31(36)34-29(22-38-21-24-9-5-4-6-10-24)30(35)33-28-18-15-25-11-7-8-12-26(25)19-28/h4-19,29H,20-22H2,1-3H3,(H,33,35)(H,34,36). The minimum atomic E-state index is -0.758. The van der Waals surface area contributed by atoms with Gasteiger partial charge in [0.25, 0.3) is 0 Å². The van der Waals surface area contributed by atoms with Gasteiger partial charge in [-0.15, -0.1) is 0 Å². The van der Waals surface area contributed by atoms with E-state index in [2.05, 4.69) is 43.5 Å². The third-order valence-corrected chi connectivity index (χ3v) is 7.32. The van der Waals surface area contributed by atoms with Crippen LogP contribution in [0.25, 0.3) is 10.8 Å². The Morgan fingerprint density at radius 1 is 0.816 bits per heavy atom. The molecule has 5 nitrogen and oxygen atoms in total. The fourth-order valence-corrected chi connectivity index (χ4v) is 5.00. The van der Waals surface area contributed by atoms with E-state index >= 15 is 0 Å². The molecule has 2 N–H and O–H groups in total. The van der Waals surface area contributed by atoms with Crippen LogP contribution in [-0.2, 0) is 27.3 Å². The number of hydrogen-bond donors (Lipinski definition) is 2. The summed E-state index contributed by atoms with van der Waals surface area (Å²) in [6.07, 6.45) is -0.621. The molecule has 1 atom stereocenters. The summed E-state index contributed by atoms with van der Waals surface area (Å²) in [4.78, 5) is 25.9. The van der Waals surface area contributed by atoms with Crippen LogP contribution >= 0.6 is 11.8 Å². The number of benzene rings is 4. The topological polar surface area (TPSA) is 67.4 Å². The number of amides is 2. The van der Waals surface area contributed by atoms with Crippen LogP contribution in [0.2, 0.25) is 0 Å². The second-order valence-electron chi connectivity index (χ2n) is 10.3. The van der Waals surface area contributed by atoms with Gasteiger partial charge in [-0.1, -0.05) is 106 Å². The molecular weight excluding hydrogens is 492 g/mol. The molecule has 0 aliphatic carbocycles. The van der Waals surface area contributed by atoms with Crippen LogP contribution < -0.4 is 10.6 Å². The lowest BCUT2D eigenvalue weighted by molar-refractivity contribution is -0.117. The molecule has 196 valence electrons. The highest BCUT2D eigenvalue weighted by molar-refractivity contribution is 7.98. The van der Waals surface area contributed by atoms with Crippen molar-refractivity contribution in [3.8, 4) is 0 Å². The van der Waals surface area contributed by atoms with Crippen molar-refractivity contribution in [1.29, 1.82) is 0 Å². The monoisotopic (exact) mass is 526 g/mol. The predicted octanol–water partition coefficient (Wildman–Crippen LogP) is 7.30. The average Bonchev–Trinajstić information content (AvgIpc) is 2.91. The number of carbonyl (C=O) groups excluding carboxylic acids is 2. The summed E-state index contributed by atoms with van der Waals surface area (Å²) in [6.45, 7) is 6.60. The zero-order valence-corrected chi connectivity index (χ0v) is 22.9. The van der Waals surface area contributed by atoms with Crippen molar-refractivity contribution >= 4 is 40.2 Å². The van der Waals surface area contributed by atoms with E-state index in [1.165, 1.54) is 5.56 Å². The molecule has 6 heteroatoms. The molecule has 1 unspecified atom stereocenters. The summed E-state index contributed by atoms with van der Waals surface area (Å²) < 4.78 is 5.47. The van der Waals surface area contributed by atoms with Gasteiger partial charge in [-0.05, 0) is 45.0 Å². The lowest BCUT2D eigenvalue weighted by Gasteiger charge is -2.20. The van der Waals surface area contributed by atoms with Crippen molar-refractivity contribution < 1.29 is 14.3 Å². The van der Waals surface area contributed by atoms with Crippen molar-refractivity contribution in [2.75, 3.05) is 11.1 Å². The van der Waals surface area contributed by atoms with Gasteiger partial charge in [0, 0.05) is 17.2 Å². The Bertz CT molecular complexity index is 1370. The third-order valence-electron chi connectivity index (χ3n) is 6.21. The number of nitrogens with one attached hydrogen (secondary N) is 2. The van der Waals surface area contributed by atoms with Gasteiger partial charge in [-0.2, -0.15) is 11.8 Å². The maximum absolute atomic E-state index is 13.2. The minimum Gasteiger partial charge on any atom is -0.445 e. The van der Waals surface area contributed by atoms with Gasteiger partial charge in [0.1, 0.15) is 12.6 Å². The summed E-state index contributed by atoms with van der Waals surface area (Å²) in [6, 6.07) is 31.1. The number of ether oxygens (including phenoxy) is 1. The number of anilines is 1. The Labute approximate surface area is 229 Å². The van der Waals surface area contributed by atoms with E-state index in [4.69, 9.17) is 4.74 Å². The first kappa shape index (κ1) is 27.3. The van der Waals surface area contributed by atoms with Crippen LogP contribution in [-0.4, -0.2) is 23.8 Å². The number of carbonyl (C=O) groups is 2. The van der Waals surface area contributed by atoms with Gasteiger partial charge in [0.15, 0.2) is 0 Å². The molecule has 4 rings (SSSR count). The summed E-state index contributed by atoms with van der Waals surface area (Å²) >= 11 is 1.59. The molecule has 0 bridgehead atoms. The van der Waals surface area contributed by atoms with E-state index < -0.39 is 12.1 Å². The van der Waals surface area contributed by atoms with Crippen molar-refractivity contribution in [1.82, 2.24) is 5.32 Å². The van der Waals surface area contributed by atoms with Crippen molar-refractivity contribution in [2.24, 2.45) is 0 Å². The smallest absolute Gasteiger partial charge is 0.408 e. The van der Waals surface area contributed by atoms with E-state index in [9.17, 15) is 9.59 Å². The maximum atomic E-state index is 13.2. The third kappa shape index (κ3) is 7.86. The maximum Gasteiger partial charge on any atom is 0.408 e. The molecule has 0 saturated heterocycles. The summed E-state index contributed by atoms with van der Waals surface area (Å²) in [5, 5.41) is 7.86. The molecule has 0 heterocycles. The first-order valence-electron chi connectivity index (χ1n) is 12.7. The zero-order valence-electron chi connectivity index (χ0n) is 22.1. The number of fused-ring (bicyclic) bond motifs is 1. The van der Waals surface area contributed by atoms with Crippen LogP contribution in [0.3, 0.4) is 0 Å². The average molecular weight is 527 g/mol. The highest BCUT2D eigenvalue weighted by atomic mass is 32.2. The van der Waals surface area contributed by atoms with Crippen molar-refractivity contribution in [3.63, 3.8) is 0 Å². The second-order valence-corrected chi connectivity index (χ2v) is 11.3. The van der Waals surface area contributed by atoms with E-state index in [1.807, 2.05) is 84.9 Å². The van der Waals surface area contributed by atoms with Gasteiger partial charge in [-0.25, -0.2) is 4.79 Å². The molecule has 4 aromatic carbocycles. The highest BCUT2D eigenvalue weighted by Gasteiger charge is 2.22. The predicted molar refractivity (Wildman–Crippen MR) is 157 cm³/mol. The fourth-order valence-electron chi connectivity index (χ4n) is 3.98. The van der Waals surface area contributed by atoms with Crippen LogP contribution in [0.5, 0.6) is 0 Å². The largest absolute Gasteiger partial charge is 0.445 e. The number of alkyl carbamates (subject to hydrolysis) is 1. The number of thioether (sulfide) groups is 1. The highest BCUT2D eigenvalue weighted by Crippen LogP contribution is 2.23. The molecule has 0 aliphatic heterocycles. The van der Waals surface area contributed by atoms with E-state index in [0.717, 1.165) is 27.7 Å². The van der Waals surface area contributed by atoms with Gasteiger partial charge in [0.2, 0.25) is 5.91 Å².